The number of hydrogen-bond donors (Lipinski definition) is 3. The zero-order chi connectivity index (χ0) is 22.4. The number of halogens is 4. The van der Waals surface area contributed by atoms with E-state index in [4.69, 9.17) is 21.1 Å². The Labute approximate surface area is 181 Å². The second-order valence-corrected chi connectivity index (χ2v) is 7.22. The third-order valence-electron chi connectivity index (χ3n) is 4.65. The Hall–Kier alpha value is -2.50. The molecule has 0 radical (unpaired) electrons. The lowest BCUT2D eigenvalue weighted by Gasteiger charge is -2.31. The van der Waals surface area contributed by atoms with E-state index in [9.17, 15) is 18.3 Å². The Morgan fingerprint density at radius 2 is 1.94 bits per heavy atom. The van der Waals surface area contributed by atoms with Crippen LogP contribution < -0.4 is 24.8 Å². The summed E-state index contributed by atoms with van der Waals surface area (Å²) in [6.45, 7) is 0. The largest absolute Gasteiger partial charge is 0.573 e. The van der Waals surface area contributed by atoms with Gasteiger partial charge in [0, 0.05) is 24.4 Å². The number of hydrogen-bond acceptors (Lipinski definition) is 8. The smallest absolute Gasteiger partial charge is 0.495 e. The van der Waals surface area contributed by atoms with Gasteiger partial charge in [-0.05, 0) is 49.4 Å². The molecule has 1 aromatic carbocycles. The quantitative estimate of drug-likeness (QED) is 0.403. The van der Waals surface area contributed by atoms with Crippen LogP contribution in [0.15, 0.2) is 30.5 Å². The van der Waals surface area contributed by atoms with Gasteiger partial charge in [0.2, 0.25) is 11.2 Å². The molecule has 0 spiro atoms. The van der Waals surface area contributed by atoms with E-state index in [1.807, 2.05) is 0 Å². The summed E-state index contributed by atoms with van der Waals surface area (Å²) >= 11 is 5.75. The normalized spacial score (nSPS) is 20.1. The SMILES string of the molecule is COc1ccc(OC(F)(F)F)cc1NC(O)N[C@H]1CC[C@H](Oc2ccnc(Cl)n2)CC1. The lowest BCUT2D eigenvalue weighted by molar-refractivity contribution is -0.274. The summed E-state index contributed by atoms with van der Waals surface area (Å²) in [5.74, 6) is 0.243. The van der Waals surface area contributed by atoms with Crippen LogP contribution in [0.5, 0.6) is 17.4 Å². The Bertz CT molecular complexity index is 866. The van der Waals surface area contributed by atoms with Gasteiger partial charge in [-0.25, -0.2) is 4.98 Å². The molecule has 1 fully saturated rings. The Balaban J connectivity index is 1.51. The molecule has 31 heavy (non-hydrogen) atoms. The first-order chi connectivity index (χ1) is 14.7. The minimum Gasteiger partial charge on any atom is -0.495 e. The highest BCUT2D eigenvalue weighted by Gasteiger charge is 2.31. The third kappa shape index (κ3) is 7.30. The van der Waals surface area contributed by atoms with Crippen molar-refractivity contribution in [2.45, 2.75) is 50.5 Å². The fourth-order valence-electron chi connectivity index (χ4n) is 3.31. The van der Waals surface area contributed by atoms with Crippen LogP contribution >= 0.6 is 11.6 Å². The Morgan fingerprint density at radius 1 is 1.19 bits per heavy atom. The number of aromatic nitrogens is 2. The summed E-state index contributed by atoms with van der Waals surface area (Å²) in [5, 5.41) is 16.1. The first kappa shape index (κ1) is 23.2. The number of benzene rings is 1. The maximum absolute atomic E-state index is 12.5. The van der Waals surface area contributed by atoms with Crippen LogP contribution in [0, 0.1) is 0 Å². The number of nitrogens with one attached hydrogen (secondary N) is 2. The molecule has 8 nitrogen and oxygen atoms in total. The molecule has 1 aliphatic carbocycles. The maximum atomic E-state index is 12.5. The second-order valence-electron chi connectivity index (χ2n) is 6.88. The van der Waals surface area contributed by atoms with Gasteiger partial charge in [0.1, 0.15) is 17.6 Å². The predicted molar refractivity (Wildman–Crippen MR) is 106 cm³/mol. The lowest BCUT2D eigenvalue weighted by atomic mass is 9.93. The van der Waals surface area contributed by atoms with Gasteiger partial charge in [-0.2, -0.15) is 4.98 Å². The van der Waals surface area contributed by atoms with Crippen molar-refractivity contribution in [1.29, 1.82) is 0 Å². The van der Waals surface area contributed by atoms with Crippen molar-refractivity contribution in [2.24, 2.45) is 0 Å². The monoisotopic (exact) mass is 462 g/mol. The van der Waals surface area contributed by atoms with Gasteiger partial charge in [0.25, 0.3) is 0 Å². The molecule has 1 saturated carbocycles. The number of aliphatic hydroxyl groups excluding tert-OH is 1. The van der Waals surface area contributed by atoms with Crippen molar-refractivity contribution >= 4 is 17.3 Å². The molecule has 0 bridgehead atoms. The van der Waals surface area contributed by atoms with Crippen LogP contribution in [0.4, 0.5) is 18.9 Å². The first-order valence-electron chi connectivity index (χ1n) is 9.51. The molecule has 1 aromatic heterocycles. The molecule has 0 saturated heterocycles. The third-order valence-corrected chi connectivity index (χ3v) is 4.83. The van der Waals surface area contributed by atoms with Gasteiger partial charge in [-0.15, -0.1) is 13.2 Å². The number of ether oxygens (including phenoxy) is 3. The van der Waals surface area contributed by atoms with Crippen molar-refractivity contribution in [3.8, 4) is 17.4 Å². The summed E-state index contributed by atoms with van der Waals surface area (Å²) < 4.78 is 52.2. The van der Waals surface area contributed by atoms with E-state index in [0.29, 0.717) is 5.88 Å². The molecule has 3 N–H and O–H groups in total. The molecule has 1 atom stereocenters. The van der Waals surface area contributed by atoms with Gasteiger partial charge in [0.05, 0.1) is 12.8 Å². The van der Waals surface area contributed by atoms with Crippen LogP contribution in [0.3, 0.4) is 0 Å². The van der Waals surface area contributed by atoms with E-state index in [2.05, 4.69) is 25.3 Å². The summed E-state index contributed by atoms with van der Waals surface area (Å²) in [4.78, 5) is 7.81. The van der Waals surface area contributed by atoms with Crippen molar-refractivity contribution < 1.29 is 32.5 Å². The van der Waals surface area contributed by atoms with Gasteiger partial charge in [-0.3, -0.25) is 5.32 Å². The minimum absolute atomic E-state index is 0.0167. The molecule has 170 valence electrons. The Morgan fingerprint density at radius 3 is 2.58 bits per heavy atom. The van der Waals surface area contributed by atoms with Crippen molar-refractivity contribution in [2.75, 3.05) is 12.4 Å². The summed E-state index contributed by atoms with van der Waals surface area (Å²) in [6.07, 6.45) is -1.66. The van der Waals surface area contributed by atoms with Crippen LogP contribution in [-0.4, -0.2) is 47.0 Å². The topological polar surface area (TPSA) is 97.8 Å². The molecule has 2 aromatic rings. The van der Waals surface area contributed by atoms with Crippen LogP contribution in [-0.2, 0) is 0 Å². The molecular formula is C19H22ClF3N4O4. The molecular weight excluding hydrogens is 441 g/mol. The molecule has 1 unspecified atom stereocenters. The first-order valence-corrected chi connectivity index (χ1v) is 9.89. The molecule has 1 aliphatic rings. The predicted octanol–water partition coefficient (Wildman–Crippen LogP) is 3.70. The molecule has 1 heterocycles. The summed E-state index contributed by atoms with van der Waals surface area (Å²) in [6, 6.07) is 5.17. The lowest BCUT2D eigenvalue weighted by Crippen LogP contribution is -2.45. The van der Waals surface area contributed by atoms with Crippen LogP contribution in [0.25, 0.3) is 0 Å². The highest BCUT2D eigenvalue weighted by atomic mass is 35.5. The van der Waals surface area contributed by atoms with Crippen molar-refractivity contribution in [3.63, 3.8) is 0 Å². The standard InChI is InChI=1S/C19H22ClF3N4O4/c1-29-15-7-6-13(31-19(21,22)23)10-14(15)26-18(28)25-11-2-4-12(5-3-11)30-16-8-9-24-17(20)27-16/h6-12,18,25-26,28H,2-5H2,1H3/t11-,12-,18?. The molecule has 0 aliphatic heterocycles. The highest BCUT2D eigenvalue weighted by Crippen LogP contribution is 2.32. The molecule has 12 heteroatoms. The van der Waals surface area contributed by atoms with Crippen molar-refractivity contribution in [1.82, 2.24) is 15.3 Å². The fourth-order valence-corrected chi connectivity index (χ4v) is 3.45. The fraction of sp³-hybridized carbons (Fsp3) is 0.474. The summed E-state index contributed by atoms with van der Waals surface area (Å²) in [5.41, 5.74) is 0.155. The molecule has 0 amide bonds. The van der Waals surface area contributed by atoms with E-state index in [-0.39, 0.29) is 28.9 Å². The maximum Gasteiger partial charge on any atom is 0.573 e. The number of aliphatic hydroxyl groups is 1. The van der Waals surface area contributed by atoms with Gasteiger partial charge < -0.3 is 24.6 Å². The zero-order valence-corrected chi connectivity index (χ0v) is 17.3. The van der Waals surface area contributed by atoms with Crippen molar-refractivity contribution in [3.05, 3.63) is 35.7 Å². The number of methoxy groups -OCH3 is 1. The van der Waals surface area contributed by atoms with Crippen LogP contribution in [0.1, 0.15) is 25.7 Å². The average molecular weight is 463 g/mol. The highest BCUT2D eigenvalue weighted by molar-refractivity contribution is 6.28. The number of anilines is 1. The second kappa shape index (κ2) is 10.2. The number of alkyl halides is 3. The van der Waals surface area contributed by atoms with E-state index < -0.39 is 18.5 Å². The van der Waals surface area contributed by atoms with Gasteiger partial charge in [-0.1, -0.05) is 0 Å². The van der Waals surface area contributed by atoms with E-state index >= 15 is 0 Å². The van der Waals surface area contributed by atoms with E-state index in [1.54, 1.807) is 6.07 Å². The van der Waals surface area contributed by atoms with Gasteiger partial charge in [0.15, 0.2) is 6.35 Å². The number of nitrogens with zero attached hydrogens (tertiary/aromatic N) is 2. The Kier molecular flexibility index (Phi) is 7.63. The molecule has 3 rings (SSSR count). The summed E-state index contributed by atoms with van der Waals surface area (Å²) in [7, 11) is 1.37. The zero-order valence-electron chi connectivity index (χ0n) is 16.5. The van der Waals surface area contributed by atoms with E-state index in [0.717, 1.165) is 37.8 Å². The van der Waals surface area contributed by atoms with Crippen LogP contribution in [0.2, 0.25) is 5.28 Å². The minimum atomic E-state index is -4.82. The number of rotatable bonds is 8. The van der Waals surface area contributed by atoms with E-state index in [1.165, 1.54) is 19.4 Å². The van der Waals surface area contributed by atoms with Gasteiger partial charge >= 0.3 is 6.36 Å². The average Bonchev–Trinajstić information content (AvgIpc) is 2.68.